The van der Waals surface area contributed by atoms with Crippen molar-refractivity contribution < 1.29 is 4.74 Å². The molecular weight excluding hydrogens is 294 g/mol. The Morgan fingerprint density at radius 3 is 2.64 bits per heavy atom. The van der Waals surface area contributed by atoms with Gasteiger partial charge < -0.3 is 9.30 Å². The van der Waals surface area contributed by atoms with Crippen LogP contribution in [0.25, 0.3) is 10.9 Å². The van der Waals surface area contributed by atoms with E-state index in [1.165, 1.54) is 22.0 Å². The SMILES string of the molecule is Cc1cccc2c(COc3cccc(Cl)c3)cn(C(C)C)c12. The third kappa shape index (κ3) is 2.84. The van der Waals surface area contributed by atoms with E-state index in [1.807, 2.05) is 24.3 Å². The molecule has 0 unspecified atom stereocenters. The number of rotatable bonds is 4. The fourth-order valence-electron chi connectivity index (χ4n) is 2.80. The highest BCUT2D eigenvalue weighted by atomic mass is 35.5. The zero-order valence-electron chi connectivity index (χ0n) is 13.1. The number of hydrogen-bond donors (Lipinski definition) is 0. The second kappa shape index (κ2) is 6.05. The quantitative estimate of drug-likeness (QED) is 0.597. The number of hydrogen-bond acceptors (Lipinski definition) is 1. The third-order valence-corrected chi connectivity index (χ3v) is 4.12. The lowest BCUT2D eigenvalue weighted by Crippen LogP contribution is -1.99. The zero-order chi connectivity index (χ0) is 15.7. The van der Waals surface area contributed by atoms with Crippen LogP contribution in [0.15, 0.2) is 48.7 Å². The van der Waals surface area contributed by atoms with E-state index in [1.54, 1.807) is 0 Å². The number of aryl methyl sites for hydroxylation is 1. The maximum atomic E-state index is 6.00. The molecule has 2 nitrogen and oxygen atoms in total. The molecule has 0 N–H and O–H groups in total. The standard InChI is InChI=1S/C19H20ClNO/c1-13(2)21-11-15(18-9-4-6-14(3)19(18)21)12-22-17-8-5-7-16(20)10-17/h4-11,13H,12H2,1-3H3. The second-order valence-electron chi connectivity index (χ2n) is 5.87. The van der Waals surface area contributed by atoms with E-state index in [0.29, 0.717) is 17.7 Å². The minimum atomic E-state index is 0.420. The van der Waals surface area contributed by atoms with Crippen LogP contribution in [0.3, 0.4) is 0 Å². The summed E-state index contributed by atoms with van der Waals surface area (Å²) in [6.45, 7) is 7.10. The van der Waals surface area contributed by atoms with Crippen molar-refractivity contribution in [2.75, 3.05) is 0 Å². The monoisotopic (exact) mass is 313 g/mol. The predicted molar refractivity (Wildman–Crippen MR) is 92.8 cm³/mol. The molecule has 0 aliphatic heterocycles. The summed E-state index contributed by atoms with van der Waals surface area (Å²) in [6, 6.07) is 14.4. The maximum Gasteiger partial charge on any atom is 0.121 e. The molecule has 0 radical (unpaired) electrons. The number of aromatic nitrogens is 1. The van der Waals surface area contributed by atoms with Gasteiger partial charge >= 0.3 is 0 Å². The molecule has 0 saturated heterocycles. The van der Waals surface area contributed by atoms with Gasteiger partial charge in [0.05, 0.1) is 5.52 Å². The summed E-state index contributed by atoms with van der Waals surface area (Å²) in [4.78, 5) is 0. The van der Waals surface area contributed by atoms with Crippen molar-refractivity contribution in [1.82, 2.24) is 4.57 Å². The van der Waals surface area contributed by atoms with Crippen molar-refractivity contribution >= 4 is 22.5 Å². The minimum absolute atomic E-state index is 0.420. The molecule has 0 saturated carbocycles. The van der Waals surface area contributed by atoms with Crippen LogP contribution < -0.4 is 4.74 Å². The fourth-order valence-corrected chi connectivity index (χ4v) is 2.98. The highest BCUT2D eigenvalue weighted by molar-refractivity contribution is 6.30. The van der Waals surface area contributed by atoms with Crippen LogP contribution in [-0.2, 0) is 6.61 Å². The van der Waals surface area contributed by atoms with Crippen LogP contribution in [-0.4, -0.2) is 4.57 Å². The van der Waals surface area contributed by atoms with Crippen LogP contribution in [0.4, 0.5) is 0 Å². The van der Waals surface area contributed by atoms with Gasteiger partial charge in [0.1, 0.15) is 12.4 Å². The van der Waals surface area contributed by atoms with Gasteiger partial charge in [-0.3, -0.25) is 0 Å². The molecule has 114 valence electrons. The van der Waals surface area contributed by atoms with Crippen molar-refractivity contribution in [2.45, 2.75) is 33.4 Å². The van der Waals surface area contributed by atoms with Crippen LogP contribution >= 0.6 is 11.6 Å². The molecule has 2 aromatic carbocycles. The van der Waals surface area contributed by atoms with Gasteiger partial charge in [0.2, 0.25) is 0 Å². The smallest absolute Gasteiger partial charge is 0.121 e. The molecule has 0 fully saturated rings. The summed E-state index contributed by atoms with van der Waals surface area (Å²) in [5, 5.41) is 1.95. The van der Waals surface area contributed by atoms with E-state index in [4.69, 9.17) is 16.3 Å². The van der Waals surface area contributed by atoms with Gasteiger partial charge in [0.25, 0.3) is 0 Å². The number of halogens is 1. The van der Waals surface area contributed by atoms with Crippen LogP contribution in [0.2, 0.25) is 5.02 Å². The summed E-state index contributed by atoms with van der Waals surface area (Å²) in [5.74, 6) is 0.797. The fraction of sp³-hybridized carbons (Fsp3) is 0.263. The van der Waals surface area contributed by atoms with E-state index in [2.05, 4.69) is 49.7 Å². The van der Waals surface area contributed by atoms with Gasteiger partial charge in [-0.2, -0.15) is 0 Å². The molecule has 3 rings (SSSR count). The molecule has 22 heavy (non-hydrogen) atoms. The topological polar surface area (TPSA) is 14.2 Å². The summed E-state index contributed by atoms with van der Waals surface area (Å²) < 4.78 is 8.24. The first-order chi connectivity index (χ1) is 10.6. The summed E-state index contributed by atoms with van der Waals surface area (Å²) in [6.07, 6.45) is 2.20. The molecule has 0 amide bonds. The Hall–Kier alpha value is -1.93. The van der Waals surface area contributed by atoms with Crippen molar-refractivity contribution in [3.05, 3.63) is 64.8 Å². The molecule has 3 heteroatoms. The zero-order valence-corrected chi connectivity index (χ0v) is 13.9. The maximum absolute atomic E-state index is 6.00. The highest BCUT2D eigenvalue weighted by Crippen LogP contribution is 2.28. The van der Waals surface area contributed by atoms with Crippen LogP contribution in [0, 0.1) is 6.92 Å². The minimum Gasteiger partial charge on any atom is -0.489 e. The molecule has 0 atom stereocenters. The third-order valence-electron chi connectivity index (χ3n) is 3.88. The summed E-state index contributed by atoms with van der Waals surface area (Å²) >= 11 is 6.00. The van der Waals surface area contributed by atoms with Gasteiger partial charge in [-0.1, -0.05) is 35.9 Å². The first-order valence-electron chi connectivity index (χ1n) is 7.53. The average Bonchev–Trinajstić information content (AvgIpc) is 2.86. The first-order valence-corrected chi connectivity index (χ1v) is 7.91. The molecule has 1 heterocycles. The number of benzene rings is 2. The number of ether oxygens (including phenoxy) is 1. The Kier molecular flexibility index (Phi) is 4.12. The Bertz CT molecular complexity index is 804. The highest BCUT2D eigenvalue weighted by Gasteiger charge is 2.12. The Morgan fingerprint density at radius 1 is 1.14 bits per heavy atom. The molecule has 3 aromatic rings. The van der Waals surface area contributed by atoms with E-state index in [9.17, 15) is 0 Å². The Labute approximate surface area is 136 Å². The summed E-state index contributed by atoms with van der Waals surface area (Å²) in [7, 11) is 0. The average molecular weight is 314 g/mol. The van der Waals surface area contributed by atoms with Crippen molar-refractivity contribution in [3.63, 3.8) is 0 Å². The van der Waals surface area contributed by atoms with Crippen molar-refractivity contribution in [1.29, 1.82) is 0 Å². The van der Waals surface area contributed by atoms with Gasteiger partial charge in [-0.25, -0.2) is 0 Å². The van der Waals surface area contributed by atoms with Crippen molar-refractivity contribution in [3.8, 4) is 5.75 Å². The lowest BCUT2D eigenvalue weighted by atomic mass is 10.1. The molecular formula is C19H20ClNO. The van der Waals surface area contributed by atoms with Crippen LogP contribution in [0.1, 0.15) is 31.0 Å². The molecule has 0 bridgehead atoms. The Balaban J connectivity index is 1.96. The normalized spacial score (nSPS) is 11.3. The van der Waals surface area contributed by atoms with Crippen LogP contribution in [0.5, 0.6) is 5.75 Å². The number of fused-ring (bicyclic) bond motifs is 1. The molecule has 1 aromatic heterocycles. The summed E-state index contributed by atoms with van der Waals surface area (Å²) in [5.41, 5.74) is 3.79. The molecule has 0 aliphatic carbocycles. The second-order valence-corrected chi connectivity index (χ2v) is 6.31. The molecule has 0 aliphatic rings. The van der Waals surface area contributed by atoms with E-state index in [0.717, 1.165) is 5.75 Å². The van der Waals surface area contributed by atoms with Gasteiger partial charge in [-0.05, 0) is 44.5 Å². The van der Waals surface area contributed by atoms with Crippen molar-refractivity contribution in [2.24, 2.45) is 0 Å². The Morgan fingerprint density at radius 2 is 1.91 bits per heavy atom. The van der Waals surface area contributed by atoms with Gasteiger partial charge in [0, 0.05) is 28.2 Å². The number of para-hydroxylation sites is 1. The lowest BCUT2D eigenvalue weighted by Gasteiger charge is -2.10. The van der Waals surface area contributed by atoms with E-state index < -0.39 is 0 Å². The largest absolute Gasteiger partial charge is 0.489 e. The first kappa shape index (κ1) is 15.0. The number of nitrogens with zero attached hydrogens (tertiary/aromatic N) is 1. The predicted octanol–water partition coefficient (Wildman–Crippen LogP) is 5.76. The van der Waals surface area contributed by atoms with Gasteiger partial charge in [-0.15, -0.1) is 0 Å². The van der Waals surface area contributed by atoms with E-state index >= 15 is 0 Å². The lowest BCUT2D eigenvalue weighted by molar-refractivity contribution is 0.307. The molecule has 0 spiro atoms. The van der Waals surface area contributed by atoms with Gasteiger partial charge in [0.15, 0.2) is 0 Å². The van der Waals surface area contributed by atoms with E-state index in [-0.39, 0.29) is 0 Å².